The predicted molar refractivity (Wildman–Crippen MR) is 85.8 cm³/mol. The van der Waals surface area contributed by atoms with Gasteiger partial charge in [-0.2, -0.15) is 0 Å². The van der Waals surface area contributed by atoms with Gasteiger partial charge in [0.15, 0.2) is 0 Å². The molecule has 0 unspecified atom stereocenters. The summed E-state index contributed by atoms with van der Waals surface area (Å²) in [5.41, 5.74) is 2.15. The van der Waals surface area contributed by atoms with E-state index < -0.39 is 6.09 Å². The number of halogens is 1. The number of carbonyl (C=O) groups is 1. The fraction of sp³-hybridized carbons (Fsp3) is 0.105. The minimum absolute atomic E-state index is 0.306. The van der Waals surface area contributed by atoms with Crippen LogP contribution >= 0.6 is 0 Å². The van der Waals surface area contributed by atoms with Crippen LogP contribution in [0.1, 0.15) is 11.1 Å². The van der Waals surface area contributed by atoms with Crippen LogP contribution in [0.5, 0.6) is 0 Å². The summed E-state index contributed by atoms with van der Waals surface area (Å²) in [5.74, 6) is 5.74. The van der Waals surface area contributed by atoms with Crippen molar-refractivity contribution in [2.24, 2.45) is 0 Å². The lowest BCUT2D eigenvalue weighted by molar-refractivity contribution is 0.165. The summed E-state index contributed by atoms with van der Waals surface area (Å²) in [7, 11) is 0. The van der Waals surface area contributed by atoms with Crippen molar-refractivity contribution < 1.29 is 13.9 Å². The molecule has 3 rings (SSSR count). The van der Waals surface area contributed by atoms with Crippen LogP contribution in [0.25, 0.3) is 6.08 Å². The van der Waals surface area contributed by atoms with E-state index in [0.717, 1.165) is 11.1 Å². The van der Waals surface area contributed by atoms with Gasteiger partial charge in [-0.15, -0.1) is 0 Å². The first-order valence-corrected chi connectivity index (χ1v) is 7.21. The first-order chi connectivity index (χ1) is 11.2. The van der Waals surface area contributed by atoms with E-state index in [1.54, 1.807) is 18.2 Å². The Morgan fingerprint density at radius 3 is 2.52 bits per heavy atom. The van der Waals surface area contributed by atoms with Gasteiger partial charge in [-0.1, -0.05) is 36.3 Å². The molecule has 2 aromatic carbocycles. The topological polar surface area (TPSA) is 29.5 Å². The molecule has 0 bridgehead atoms. The van der Waals surface area contributed by atoms with E-state index in [1.807, 2.05) is 30.3 Å². The van der Waals surface area contributed by atoms with Crippen molar-refractivity contribution in [3.8, 4) is 11.8 Å². The van der Waals surface area contributed by atoms with Crippen LogP contribution in [0.3, 0.4) is 0 Å². The van der Waals surface area contributed by atoms with Crippen molar-refractivity contribution in [3.05, 3.63) is 77.2 Å². The summed E-state index contributed by atoms with van der Waals surface area (Å²) in [6, 6.07) is 15.5. The molecule has 0 atom stereocenters. The normalized spacial score (nSPS) is 14.2. The molecule has 1 amide bonds. The molecule has 3 nitrogen and oxygen atoms in total. The lowest BCUT2D eigenvalue weighted by Crippen LogP contribution is -2.22. The number of nitrogens with zero attached hydrogens (tertiary/aromatic N) is 1. The first kappa shape index (κ1) is 14.9. The zero-order valence-corrected chi connectivity index (χ0v) is 12.3. The highest BCUT2D eigenvalue weighted by atomic mass is 19.1. The molecule has 0 N–H and O–H groups in total. The highest BCUT2D eigenvalue weighted by molar-refractivity contribution is 5.76. The third-order valence-electron chi connectivity index (χ3n) is 3.33. The van der Waals surface area contributed by atoms with E-state index in [2.05, 4.69) is 11.8 Å². The minimum Gasteiger partial charge on any atom is -0.447 e. The van der Waals surface area contributed by atoms with Crippen LogP contribution in [0.2, 0.25) is 0 Å². The van der Waals surface area contributed by atoms with Gasteiger partial charge >= 0.3 is 6.09 Å². The summed E-state index contributed by atoms with van der Waals surface area (Å²) in [4.78, 5) is 13.3. The first-order valence-electron chi connectivity index (χ1n) is 7.21. The van der Waals surface area contributed by atoms with Crippen LogP contribution < -0.4 is 0 Å². The Morgan fingerprint density at radius 2 is 1.87 bits per heavy atom. The van der Waals surface area contributed by atoms with E-state index >= 15 is 0 Å². The number of ether oxygens (including phenoxy) is 1. The molecular weight excluding hydrogens is 293 g/mol. The molecule has 0 aliphatic carbocycles. The Kier molecular flexibility index (Phi) is 4.39. The molecule has 0 radical (unpaired) electrons. The van der Waals surface area contributed by atoms with Crippen molar-refractivity contribution in [1.29, 1.82) is 0 Å². The molecule has 2 aromatic rings. The monoisotopic (exact) mass is 307 g/mol. The molecule has 114 valence electrons. The van der Waals surface area contributed by atoms with E-state index in [4.69, 9.17) is 4.74 Å². The number of benzene rings is 2. The van der Waals surface area contributed by atoms with Gasteiger partial charge in [0.25, 0.3) is 0 Å². The number of hydrogen-bond donors (Lipinski definition) is 0. The Labute approximate surface area is 134 Å². The molecule has 1 heterocycles. The van der Waals surface area contributed by atoms with Crippen molar-refractivity contribution in [2.45, 2.75) is 0 Å². The molecule has 23 heavy (non-hydrogen) atoms. The predicted octanol–water partition coefficient (Wildman–Crippen LogP) is 3.67. The molecule has 0 saturated carbocycles. The standard InChI is InChI=1S/C19H14FNO2/c20-17-9-6-16(7-10-17)14-18(21-12-13-23-19(21)22)11-8-15-4-2-1-3-5-15/h1-7,9-10,14H,12-13H2/b18-14-. The second kappa shape index (κ2) is 6.80. The van der Waals surface area contributed by atoms with Gasteiger partial charge in [0.05, 0.1) is 12.2 Å². The maximum atomic E-state index is 13.0. The lowest BCUT2D eigenvalue weighted by Gasteiger charge is -2.12. The highest BCUT2D eigenvalue weighted by Crippen LogP contribution is 2.16. The number of hydrogen-bond acceptors (Lipinski definition) is 2. The van der Waals surface area contributed by atoms with Gasteiger partial charge in [-0.3, -0.25) is 4.90 Å². The Morgan fingerprint density at radius 1 is 1.13 bits per heavy atom. The second-order valence-corrected chi connectivity index (χ2v) is 4.96. The number of rotatable bonds is 2. The highest BCUT2D eigenvalue weighted by Gasteiger charge is 2.24. The minimum atomic E-state index is -0.416. The van der Waals surface area contributed by atoms with Crippen LogP contribution in [0.4, 0.5) is 9.18 Å². The molecule has 4 heteroatoms. The van der Waals surface area contributed by atoms with Gasteiger partial charge in [0.2, 0.25) is 0 Å². The van der Waals surface area contributed by atoms with E-state index in [0.29, 0.717) is 18.8 Å². The molecule has 0 aromatic heterocycles. The van der Waals surface area contributed by atoms with Crippen LogP contribution in [0.15, 0.2) is 60.3 Å². The van der Waals surface area contributed by atoms with Crippen LogP contribution in [-0.2, 0) is 4.74 Å². The van der Waals surface area contributed by atoms with Gasteiger partial charge in [-0.05, 0) is 41.8 Å². The molecular formula is C19H14FNO2. The summed E-state index contributed by atoms with van der Waals surface area (Å²) in [6.07, 6.45) is 1.34. The zero-order valence-electron chi connectivity index (χ0n) is 12.3. The van der Waals surface area contributed by atoms with E-state index in [1.165, 1.54) is 17.0 Å². The van der Waals surface area contributed by atoms with Gasteiger partial charge in [0.1, 0.15) is 12.4 Å². The number of cyclic esters (lactones) is 1. The maximum absolute atomic E-state index is 13.0. The third-order valence-corrected chi connectivity index (χ3v) is 3.33. The van der Waals surface area contributed by atoms with Crippen LogP contribution in [0, 0.1) is 17.7 Å². The zero-order chi connectivity index (χ0) is 16.1. The summed E-state index contributed by atoms with van der Waals surface area (Å²) in [6.45, 7) is 0.794. The lowest BCUT2D eigenvalue weighted by atomic mass is 10.1. The molecule has 1 fully saturated rings. The molecule has 1 aliphatic rings. The Balaban J connectivity index is 1.95. The van der Waals surface area contributed by atoms with Crippen molar-refractivity contribution in [2.75, 3.05) is 13.2 Å². The number of carbonyl (C=O) groups excluding carboxylic acids is 1. The van der Waals surface area contributed by atoms with Gasteiger partial charge in [0, 0.05) is 5.56 Å². The summed E-state index contributed by atoms with van der Waals surface area (Å²) >= 11 is 0. The average molecular weight is 307 g/mol. The Bertz CT molecular complexity index is 786. The Hall–Kier alpha value is -3.06. The van der Waals surface area contributed by atoms with Gasteiger partial charge < -0.3 is 4.74 Å². The molecule has 0 spiro atoms. The van der Waals surface area contributed by atoms with Crippen molar-refractivity contribution in [3.63, 3.8) is 0 Å². The quantitative estimate of drug-likeness (QED) is 0.792. The maximum Gasteiger partial charge on any atom is 0.414 e. The van der Waals surface area contributed by atoms with Crippen LogP contribution in [-0.4, -0.2) is 24.1 Å². The fourth-order valence-electron chi connectivity index (χ4n) is 2.17. The third kappa shape index (κ3) is 3.78. The number of allylic oxidation sites excluding steroid dienone is 1. The van der Waals surface area contributed by atoms with Gasteiger partial charge in [-0.25, -0.2) is 9.18 Å². The largest absolute Gasteiger partial charge is 0.447 e. The fourth-order valence-corrected chi connectivity index (χ4v) is 2.17. The summed E-state index contributed by atoms with van der Waals surface area (Å²) in [5, 5.41) is 0. The van der Waals surface area contributed by atoms with E-state index in [-0.39, 0.29) is 5.82 Å². The van der Waals surface area contributed by atoms with Crippen molar-refractivity contribution >= 4 is 12.2 Å². The van der Waals surface area contributed by atoms with E-state index in [9.17, 15) is 9.18 Å². The van der Waals surface area contributed by atoms with Crippen molar-refractivity contribution in [1.82, 2.24) is 4.90 Å². The second-order valence-electron chi connectivity index (χ2n) is 4.96. The molecule has 1 saturated heterocycles. The summed E-state index contributed by atoms with van der Waals surface area (Å²) < 4.78 is 18.0. The average Bonchev–Trinajstić information content (AvgIpc) is 3.00. The smallest absolute Gasteiger partial charge is 0.414 e. The molecule has 1 aliphatic heterocycles. The number of amides is 1. The SMILES string of the molecule is O=C1OCCN1/C(C#Cc1ccccc1)=C\c1ccc(F)cc1.